The number of nitrogens with one attached hydrogen (secondary N) is 2. The predicted molar refractivity (Wildman–Crippen MR) is 101 cm³/mol. The number of anilines is 2. The van der Waals surface area contributed by atoms with Crippen molar-refractivity contribution in [1.82, 2.24) is 0 Å². The normalized spacial score (nSPS) is 10.3. The van der Waals surface area contributed by atoms with Crippen LogP contribution in [0.1, 0.15) is 30.9 Å². The number of halogens is 1. The summed E-state index contributed by atoms with van der Waals surface area (Å²) in [5.74, 6) is 0. The molecule has 2 nitrogen and oxygen atoms in total. The van der Waals surface area contributed by atoms with E-state index in [1.165, 1.54) is 18.4 Å². The maximum atomic E-state index is 6.02. The molecule has 0 saturated heterocycles. The Labute approximate surface area is 142 Å². The third-order valence-electron chi connectivity index (χ3n) is 3.48. The highest BCUT2D eigenvalue weighted by Gasteiger charge is 2.03. The molecule has 0 saturated carbocycles. The number of rotatable bonds is 5. The molecule has 0 radical (unpaired) electrons. The van der Waals surface area contributed by atoms with Gasteiger partial charge in [0.1, 0.15) is 0 Å². The van der Waals surface area contributed by atoms with E-state index in [2.05, 4.69) is 41.8 Å². The number of aryl methyl sites for hydroxylation is 2. The fourth-order valence-corrected chi connectivity index (χ4v) is 2.55. The van der Waals surface area contributed by atoms with E-state index < -0.39 is 0 Å². The van der Waals surface area contributed by atoms with Gasteiger partial charge >= 0.3 is 0 Å². The lowest BCUT2D eigenvalue weighted by molar-refractivity contribution is 0.795. The van der Waals surface area contributed by atoms with Crippen LogP contribution in [0.2, 0.25) is 5.02 Å². The molecule has 0 aliphatic heterocycles. The Hall–Kier alpha value is -1.58. The fraction of sp³-hybridized carbons (Fsp3) is 0.278. The first-order valence-electron chi connectivity index (χ1n) is 7.51. The molecule has 0 amide bonds. The number of benzene rings is 2. The van der Waals surface area contributed by atoms with Gasteiger partial charge in [0.05, 0.1) is 0 Å². The van der Waals surface area contributed by atoms with Gasteiger partial charge in [0.2, 0.25) is 0 Å². The van der Waals surface area contributed by atoms with E-state index in [1.807, 2.05) is 25.1 Å². The Morgan fingerprint density at radius 1 is 1.09 bits per heavy atom. The Kier molecular flexibility index (Phi) is 6.22. The highest BCUT2D eigenvalue weighted by atomic mass is 35.5. The lowest BCUT2D eigenvalue weighted by Gasteiger charge is -2.13. The molecule has 0 aliphatic carbocycles. The summed E-state index contributed by atoms with van der Waals surface area (Å²) in [5.41, 5.74) is 4.36. The first-order chi connectivity index (χ1) is 10.6. The zero-order chi connectivity index (χ0) is 15.9. The van der Waals surface area contributed by atoms with E-state index in [9.17, 15) is 0 Å². The number of hydrogen-bond acceptors (Lipinski definition) is 1. The van der Waals surface area contributed by atoms with Crippen molar-refractivity contribution in [1.29, 1.82) is 0 Å². The summed E-state index contributed by atoms with van der Waals surface area (Å²) in [5, 5.41) is 7.63. The first-order valence-corrected chi connectivity index (χ1v) is 8.30. The molecule has 0 aliphatic rings. The Morgan fingerprint density at radius 2 is 1.82 bits per heavy atom. The van der Waals surface area contributed by atoms with Crippen molar-refractivity contribution in [2.24, 2.45) is 0 Å². The number of thiocarbonyl (C=S) groups is 1. The molecule has 4 heteroatoms. The smallest absolute Gasteiger partial charge is 0.175 e. The number of unbranched alkanes of at least 4 members (excludes halogenated alkanes) is 1. The van der Waals surface area contributed by atoms with Gasteiger partial charge in [0.15, 0.2) is 5.11 Å². The second-order valence-corrected chi connectivity index (χ2v) is 6.18. The van der Waals surface area contributed by atoms with Crippen molar-refractivity contribution in [3.63, 3.8) is 0 Å². The van der Waals surface area contributed by atoms with Crippen LogP contribution in [0.15, 0.2) is 42.5 Å². The van der Waals surface area contributed by atoms with Crippen LogP contribution in [-0.2, 0) is 6.42 Å². The predicted octanol–water partition coefficient (Wildman–Crippen LogP) is 5.80. The molecule has 2 aromatic carbocycles. The zero-order valence-electron chi connectivity index (χ0n) is 12.9. The molecule has 0 atom stereocenters. The third-order valence-corrected chi connectivity index (χ3v) is 3.92. The van der Waals surface area contributed by atoms with E-state index in [-0.39, 0.29) is 0 Å². The van der Waals surface area contributed by atoms with Crippen molar-refractivity contribution in [3.05, 3.63) is 58.6 Å². The molecule has 2 aromatic rings. The second kappa shape index (κ2) is 8.16. The zero-order valence-corrected chi connectivity index (χ0v) is 14.5. The van der Waals surface area contributed by atoms with Crippen molar-refractivity contribution in [3.8, 4) is 0 Å². The molecular formula is C18H21ClN2S. The Balaban J connectivity index is 1.95. The summed E-state index contributed by atoms with van der Waals surface area (Å²) in [7, 11) is 0. The summed E-state index contributed by atoms with van der Waals surface area (Å²) in [6, 6.07) is 14.1. The minimum Gasteiger partial charge on any atom is -0.332 e. The fourth-order valence-electron chi connectivity index (χ4n) is 2.15. The average molecular weight is 333 g/mol. The second-order valence-electron chi connectivity index (χ2n) is 5.34. The van der Waals surface area contributed by atoms with Gasteiger partial charge in [0, 0.05) is 16.4 Å². The van der Waals surface area contributed by atoms with Crippen molar-refractivity contribution in [2.45, 2.75) is 33.1 Å². The number of hydrogen-bond donors (Lipinski definition) is 2. The van der Waals surface area contributed by atoms with E-state index in [1.54, 1.807) is 0 Å². The highest BCUT2D eigenvalue weighted by Crippen LogP contribution is 2.20. The van der Waals surface area contributed by atoms with Crippen molar-refractivity contribution < 1.29 is 0 Å². The topological polar surface area (TPSA) is 24.1 Å². The Bertz CT molecular complexity index is 638. The van der Waals surface area contributed by atoms with Gasteiger partial charge in [-0.2, -0.15) is 0 Å². The molecule has 2 rings (SSSR count). The molecule has 0 unspecified atom stereocenters. The van der Waals surface area contributed by atoms with Crippen molar-refractivity contribution >= 4 is 40.3 Å². The highest BCUT2D eigenvalue weighted by molar-refractivity contribution is 7.80. The van der Waals surface area contributed by atoms with E-state index in [0.29, 0.717) is 10.1 Å². The van der Waals surface area contributed by atoms with Crippen LogP contribution in [0, 0.1) is 6.92 Å². The molecule has 0 spiro atoms. The van der Waals surface area contributed by atoms with Gasteiger partial charge in [0.25, 0.3) is 0 Å². The standard InChI is InChI=1S/C18H21ClN2S/c1-3-4-5-14-7-10-16(11-8-14)20-18(22)21-17-12-15(19)9-6-13(17)2/h6-12H,3-5H2,1-2H3,(H2,20,21,22). The SMILES string of the molecule is CCCCc1ccc(NC(=S)Nc2cc(Cl)ccc2C)cc1. The first kappa shape index (κ1) is 16.8. The molecule has 0 bridgehead atoms. The summed E-state index contributed by atoms with van der Waals surface area (Å²) in [4.78, 5) is 0. The van der Waals surface area contributed by atoms with Crippen LogP contribution in [0.5, 0.6) is 0 Å². The van der Waals surface area contributed by atoms with Gasteiger partial charge in [-0.15, -0.1) is 0 Å². The van der Waals surface area contributed by atoms with Crippen LogP contribution in [0.25, 0.3) is 0 Å². The van der Waals surface area contributed by atoms with E-state index in [0.717, 1.165) is 23.4 Å². The molecule has 0 aromatic heterocycles. The van der Waals surface area contributed by atoms with Crippen LogP contribution in [0.3, 0.4) is 0 Å². The van der Waals surface area contributed by atoms with Crippen LogP contribution in [-0.4, -0.2) is 5.11 Å². The van der Waals surface area contributed by atoms with Gasteiger partial charge in [-0.25, -0.2) is 0 Å². The summed E-state index contributed by atoms with van der Waals surface area (Å²) in [6.45, 7) is 4.22. The summed E-state index contributed by atoms with van der Waals surface area (Å²) >= 11 is 11.4. The minimum atomic E-state index is 0.562. The summed E-state index contributed by atoms with van der Waals surface area (Å²) in [6.07, 6.45) is 3.56. The molecule has 2 N–H and O–H groups in total. The van der Waals surface area contributed by atoms with E-state index in [4.69, 9.17) is 23.8 Å². The monoisotopic (exact) mass is 332 g/mol. The molecule has 0 heterocycles. The average Bonchev–Trinajstić information content (AvgIpc) is 2.50. The maximum absolute atomic E-state index is 6.02. The Morgan fingerprint density at radius 3 is 2.50 bits per heavy atom. The molecular weight excluding hydrogens is 312 g/mol. The van der Waals surface area contributed by atoms with Crippen LogP contribution >= 0.6 is 23.8 Å². The van der Waals surface area contributed by atoms with Gasteiger partial charge < -0.3 is 10.6 Å². The quantitative estimate of drug-likeness (QED) is 0.676. The lowest BCUT2D eigenvalue weighted by atomic mass is 10.1. The molecule has 0 fully saturated rings. The molecule has 116 valence electrons. The van der Waals surface area contributed by atoms with Gasteiger partial charge in [-0.05, 0) is 67.4 Å². The van der Waals surface area contributed by atoms with Gasteiger partial charge in [-0.1, -0.05) is 43.1 Å². The lowest BCUT2D eigenvalue weighted by Crippen LogP contribution is -2.19. The summed E-state index contributed by atoms with van der Waals surface area (Å²) < 4.78 is 0. The third kappa shape index (κ3) is 5.00. The van der Waals surface area contributed by atoms with E-state index >= 15 is 0 Å². The van der Waals surface area contributed by atoms with Crippen molar-refractivity contribution in [2.75, 3.05) is 10.6 Å². The van der Waals surface area contributed by atoms with Gasteiger partial charge in [-0.3, -0.25) is 0 Å². The van der Waals surface area contributed by atoms with Crippen LogP contribution < -0.4 is 10.6 Å². The molecule has 22 heavy (non-hydrogen) atoms. The maximum Gasteiger partial charge on any atom is 0.175 e. The minimum absolute atomic E-state index is 0.562. The largest absolute Gasteiger partial charge is 0.332 e. The van der Waals surface area contributed by atoms with Crippen LogP contribution in [0.4, 0.5) is 11.4 Å².